The fraction of sp³-hybridized carbons (Fsp3) is 0.833. The van der Waals surface area contributed by atoms with Gasteiger partial charge in [0.15, 0.2) is 0 Å². The van der Waals surface area contributed by atoms with Gasteiger partial charge in [0, 0.05) is 6.54 Å². The first-order valence-corrected chi connectivity index (χ1v) is 6.50. The van der Waals surface area contributed by atoms with Crippen LogP contribution in [-0.2, 0) is 9.59 Å². The third-order valence-corrected chi connectivity index (χ3v) is 3.90. The van der Waals surface area contributed by atoms with Crippen molar-refractivity contribution in [2.45, 2.75) is 56.2 Å². The molecule has 2 rings (SSSR count). The molecule has 0 spiro atoms. The minimum atomic E-state index is -1.11. The Kier molecular flexibility index (Phi) is 3.87. The Morgan fingerprint density at radius 1 is 1.22 bits per heavy atom. The lowest BCUT2D eigenvalue weighted by atomic mass is 9.81. The molecule has 0 aromatic rings. The Morgan fingerprint density at radius 3 is 2.39 bits per heavy atom. The topological polar surface area (TPSA) is 98.7 Å². The molecule has 0 bridgehead atoms. The number of hydrogen-bond donors (Lipinski definition) is 4. The molecule has 2 atom stereocenters. The van der Waals surface area contributed by atoms with Gasteiger partial charge in [-0.1, -0.05) is 19.3 Å². The number of aliphatic hydroxyl groups excluding tert-OH is 1. The van der Waals surface area contributed by atoms with Crippen LogP contribution in [0.3, 0.4) is 0 Å². The van der Waals surface area contributed by atoms with Crippen LogP contribution in [0.5, 0.6) is 0 Å². The molecule has 1 aliphatic carbocycles. The van der Waals surface area contributed by atoms with Crippen LogP contribution in [-0.4, -0.2) is 46.3 Å². The zero-order valence-electron chi connectivity index (χ0n) is 10.3. The Hall–Kier alpha value is -1.14. The molecule has 4 N–H and O–H groups in total. The van der Waals surface area contributed by atoms with Gasteiger partial charge < -0.3 is 20.8 Å². The monoisotopic (exact) mass is 256 g/mol. The smallest absolute Gasteiger partial charge is 0.329 e. The zero-order valence-corrected chi connectivity index (χ0v) is 10.3. The average Bonchev–Trinajstić information content (AvgIpc) is 2.77. The molecule has 2 unspecified atom stereocenters. The highest BCUT2D eigenvalue weighted by atomic mass is 16.4. The number of amides is 1. The van der Waals surface area contributed by atoms with Crippen LogP contribution in [0.15, 0.2) is 0 Å². The van der Waals surface area contributed by atoms with Crippen molar-refractivity contribution >= 4 is 11.9 Å². The number of rotatable bonds is 3. The standard InChI is InChI=1S/C12H20N2O4/c15-8-6-9(13-7-8)10(16)14-12(11(17)18)4-2-1-3-5-12/h8-9,13,15H,1-7H2,(H,14,16)(H,17,18). The summed E-state index contributed by atoms with van der Waals surface area (Å²) in [7, 11) is 0. The second-order valence-corrected chi connectivity index (χ2v) is 5.29. The van der Waals surface area contributed by atoms with Gasteiger partial charge in [-0.2, -0.15) is 0 Å². The van der Waals surface area contributed by atoms with Crippen LogP contribution in [0.25, 0.3) is 0 Å². The molecule has 2 fully saturated rings. The number of aliphatic hydroxyl groups is 1. The lowest BCUT2D eigenvalue weighted by Crippen LogP contribution is -2.58. The third-order valence-electron chi connectivity index (χ3n) is 3.90. The second kappa shape index (κ2) is 5.24. The van der Waals surface area contributed by atoms with Crippen LogP contribution in [0.4, 0.5) is 0 Å². The van der Waals surface area contributed by atoms with Crippen molar-refractivity contribution in [3.63, 3.8) is 0 Å². The van der Waals surface area contributed by atoms with E-state index in [1.54, 1.807) is 0 Å². The molecule has 0 aromatic carbocycles. The van der Waals surface area contributed by atoms with Crippen LogP contribution < -0.4 is 10.6 Å². The normalized spacial score (nSPS) is 30.9. The highest BCUT2D eigenvalue weighted by molar-refractivity contribution is 5.89. The fourth-order valence-corrected chi connectivity index (χ4v) is 2.79. The molecular weight excluding hydrogens is 236 g/mol. The summed E-state index contributed by atoms with van der Waals surface area (Å²) >= 11 is 0. The van der Waals surface area contributed by atoms with Gasteiger partial charge in [-0.3, -0.25) is 4.79 Å². The summed E-state index contributed by atoms with van der Waals surface area (Å²) in [4.78, 5) is 23.4. The number of aliphatic carboxylic acids is 1. The molecule has 2 aliphatic rings. The van der Waals surface area contributed by atoms with Gasteiger partial charge in [0.2, 0.25) is 5.91 Å². The van der Waals surface area contributed by atoms with Crippen molar-refractivity contribution in [2.75, 3.05) is 6.54 Å². The van der Waals surface area contributed by atoms with E-state index in [0.29, 0.717) is 25.8 Å². The number of carbonyl (C=O) groups is 2. The van der Waals surface area contributed by atoms with E-state index in [1.807, 2.05) is 0 Å². The SMILES string of the molecule is O=C(NC1(C(=O)O)CCCCC1)C1CC(O)CN1. The Morgan fingerprint density at radius 2 is 1.89 bits per heavy atom. The van der Waals surface area contributed by atoms with Gasteiger partial charge in [-0.15, -0.1) is 0 Å². The van der Waals surface area contributed by atoms with E-state index < -0.39 is 23.7 Å². The molecular formula is C12H20N2O4. The number of carbonyl (C=O) groups excluding carboxylic acids is 1. The molecule has 102 valence electrons. The largest absolute Gasteiger partial charge is 0.480 e. The predicted molar refractivity (Wildman–Crippen MR) is 64.0 cm³/mol. The summed E-state index contributed by atoms with van der Waals surface area (Å²) in [6, 6.07) is -0.474. The Balaban J connectivity index is 2.00. The molecule has 1 heterocycles. The van der Waals surface area contributed by atoms with Crippen molar-refractivity contribution in [1.82, 2.24) is 10.6 Å². The molecule has 18 heavy (non-hydrogen) atoms. The molecule has 0 radical (unpaired) electrons. The summed E-state index contributed by atoms with van der Waals surface area (Å²) in [5.74, 6) is -1.26. The number of hydrogen-bond acceptors (Lipinski definition) is 4. The Bertz CT molecular complexity index is 339. The summed E-state index contributed by atoms with van der Waals surface area (Å²) in [6.45, 7) is 0.387. The van der Waals surface area contributed by atoms with Crippen LogP contribution >= 0.6 is 0 Å². The van der Waals surface area contributed by atoms with Crippen molar-refractivity contribution in [1.29, 1.82) is 0 Å². The number of β-amino-alcohol motifs (C(OH)–C–C–N with tert-alkyl or cyclic N) is 1. The maximum absolute atomic E-state index is 12.0. The van der Waals surface area contributed by atoms with Gasteiger partial charge in [-0.25, -0.2) is 4.79 Å². The van der Waals surface area contributed by atoms with Gasteiger partial charge >= 0.3 is 5.97 Å². The molecule has 1 aliphatic heterocycles. The fourth-order valence-electron chi connectivity index (χ4n) is 2.79. The summed E-state index contributed by atoms with van der Waals surface area (Å²) in [5, 5.41) is 24.3. The first kappa shape index (κ1) is 13.3. The first-order chi connectivity index (χ1) is 8.53. The summed E-state index contributed by atoms with van der Waals surface area (Å²) in [6.07, 6.45) is 3.48. The van der Waals surface area contributed by atoms with Gasteiger partial charge in [0.05, 0.1) is 12.1 Å². The van der Waals surface area contributed by atoms with Crippen molar-refractivity contribution in [3.8, 4) is 0 Å². The molecule has 6 nitrogen and oxygen atoms in total. The van der Waals surface area contributed by atoms with Gasteiger partial charge in [0.1, 0.15) is 5.54 Å². The van der Waals surface area contributed by atoms with Crippen LogP contribution in [0, 0.1) is 0 Å². The summed E-state index contributed by atoms with van der Waals surface area (Å²) < 4.78 is 0. The number of nitrogens with one attached hydrogen (secondary N) is 2. The van der Waals surface area contributed by atoms with E-state index in [9.17, 15) is 19.8 Å². The quantitative estimate of drug-likeness (QED) is 0.551. The first-order valence-electron chi connectivity index (χ1n) is 6.50. The number of carboxylic acid groups (broad SMARTS) is 1. The maximum Gasteiger partial charge on any atom is 0.329 e. The lowest BCUT2D eigenvalue weighted by molar-refractivity contribution is -0.149. The average molecular weight is 256 g/mol. The Labute approximate surface area is 106 Å². The van der Waals surface area contributed by atoms with Crippen LogP contribution in [0.1, 0.15) is 38.5 Å². The van der Waals surface area contributed by atoms with Crippen molar-refractivity contribution < 1.29 is 19.8 Å². The van der Waals surface area contributed by atoms with Gasteiger partial charge in [-0.05, 0) is 19.3 Å². The molecule has 6 heteroatoms. The maximum atomic E-state index is 12.0. The molecule has 0 aromatic heterocycles. The zero-order chi connectivity index (χ0) is 13.2. The predicted octanol–water partition coefficient (Wildman–Crippen LogP) is -0.387. The van der Waals surface area contributed by atoms with Crippen molar-refractivity contribution in [3.05, 3.63) is 0 Å². The van der Waals surface area contributed by atoms with E-state index in [1.165, 1.54) is 0 Å². The highest BCUT2D eigenvalue weighted by Gasteiger charge is 2.42. The second-order valence-electron chi connectivity index (χ2n) is 5.29. The molecule has 1 saturated carbocycles. The minimum Gasteiger partial charge on any atom is -0.480 e. The highest BCUT2D eigenvalue weighted by Crippen LogP contribution is 2.28. The molecule has 1 saturated heterocycles. The van der Waals surface area contributed by atoms with E-state index in [4.69, 9.17) is 0 Å². The summed E-state index contributed by atoms with van der Waals surface area (Å²) in [5.41, 5.74) is -1.11. The third kappa shape index (κ3) is 2.64. The van der Waals surface area contributed by atoms with Gasteiger partial charge in [0.25, 0.3) is 0 Å². The molecule has 1 amide bonds. The van der Waals surface area contributed by atoms with Crippen LogP contribution in [0.2, 0.25) is 0 Å². The van der Waals surface area contributed by atoms with E-state index in [2.05, 4.69) is 10.6 Å². The van der Waals surface area contributed by atoms with E-state index in [-0.39, 0.29) is 5.91 Å². The lowest BCUT2D eigenvalue weighted by Gasteiger charge is -2.34. The van der Waals surface area contributed by atoms with E-state index >= 15 is 0 Å². The number of carboxylic acids is 1. The minimum absolute atomic E-state index is 0.309. The van der Waals surface area contributed by atoms with Crippen molar-refractivity contribution in [2.24, 2.45) is 0 Å². The van der Waals surface area contributed by atoms with E-state index in [0.717, 1.165) is 19.3 Å².